The van der Waals surface area contributed by atoms with Gasteiger partial charge >= 0.3 is 17.5 Å². The Labute approximate surface area is 144 Å². The van der Waals surface area contributed by atoms with Crippen LogP contribution in [0.25, 0.3) is 0 Å². The lowest BCUT2D eigenvalue weighted by molar-refractivity contribution is -0.386. The van der Waals surface area contributed by atoms with Crippen LogP contribution >= 0.6 is 0 Å². The monoisotopic (exact) mass is 352 g/mol. The van der Waals surface area contributed by atoms with Crippen molar-refractivity contribution in [1.82, 2.24) is 10.7 Å². The van der Waals surface area contributed by atoms with Crippen molar-refractivity contribution >= 4 is 23.7 Å². The fourth-order valence-corrected chi connectivity index (χ4v) is 1.70. The van der Waals surface area contributed by atoms with Crippen molar-refractivity contribution in [3.05, 3.63) is 27.8 Å². The van der Waals surface area contributed by atoms with E-state index in [0.717, 1.165) is 12.3 Å². The van der Waals surface area contributed by atoms with Gasteiger partial charge in [-0.25, -0.2) is 5.43 Å². The van der Waals surface area contributed by atoms with Crippen molar-refractivity contribution in [2.45, 2.75) is 33.2 Å². The maximum atomic E-state index is 11.6. The zero-order chi connectivity index (χ0) is 19.0. The Balaban J connectivity index is 2.88. The summed E-state index contributed by atoms with van der Waals surface area (Å²) in [6.07, 6.45) is 1.77. The van der Waals surface area contributed by atoms with Crippen LogP contribution in [0.5, 0.6) is 11.5 Å². The van der Waals surface area contributed by atoms with Gasteiger partial charge in [0, 0.05) is 17.7 Å². The Morgan fingerprint density at radius 1 is 1.40 bits per heavy atom. The summed E-state index contributed by atoms with van der Waals surface area (Å²) in [6, 6.07) is 2.23. The van der Waals surface area contributed by atoms with Crippen LogP contribution in [0, 0.1) is 10.1 Å². The number of phenolic OH excluding ortho intramolecular Hbond substituents is 1. The van der Waals surface area contributed by atoms with E-state index in [1.807, 2.05) is 12.3 Å². The second-order valence-corrected chi connectivity index (χ2v) is 5.06. The normalized spacial score (nSPS) is 11.8. The molecule has 0 radical (unpaired) electrons. The zero-order valence-electron chi connectivity index (χ0n) is 14.1. The van der Waals surface area contributed by atoms with Crippen molar-refractivity contribution in [1.29, 1.82) is 0 Å². The number of nitro benzene ring substituents is 1. The molecule has 136 valence electrons. The van der Waals surface area contributed by atoms with Crippen LogP contribution < -0.4 is 15.5 Å². The van der Waals surface area contributed by atoms with E-state index in [1.54, 1.807) is 13.8 Å². The van der Waals surface area contributed by atoms with Gasteiger partial charge in [-0.3, -0.25) is 19.7 Å². The molecule has 0 heterocycles. The van der Waals surface area contributed by atoms with E-state index in [0.29, 0.717) is 6.42 Å². The summed E-state index contributed by atoms with van der Waals surface area (Å²) >= 11 is 0. The molecule has 0 aromatic heterocycles. The van der Waals surface area contributed by atoms with Crippen LogP contribution in [0.1, 0.15) is 32.8 Å². The van der Waals surface area contributed by atoms with Gasteiger partial charge in [0.05, 0.1) is 17.7 Å². The summed E-state index contributed by atoms with van der Waals surface area (Å²) in [7, 11) is 0. The second kappa shape index (κ2) is 9.21. The number of benzene rings is 1. The van der Waals surface area contributed by atoms with E-state index in [4.69, 9.17) is 4.74 Å². The van der Waals surface area contributed by atoms with Crippen LogP contribution in [0.4, 0.5) is 5.69 Å². The molecule has 0 saturated heterocycles. The number of hydrogen-bond donors (Lipinski definition) is 3. The standard InChI is InChI=1S/C15H20N4O6/c1-4-9(3)17-14(21)15(22)18-16-8-10-6-11(19(23)24)13(20)12(7-10)25-5-2/h6-9,20H,4-5H2,1-3H3,(H,17,21)(H,18,22)/b16-8-/t9-/m1/s1. The molecule has 10 nitrogen and oxygen atoms in total. The van der Waals surface area contributed by atoms with Crippen LogP contribution in [0.3, 0.4) is 0 Å². The molecule has 0 spiro atoms. The lowest BCUT2D eigenvalue weighted by Crippen LogP contribution is -2.41. The van der Waals surface area contributed by atoms with Crippen LogP contribution in [0.2, 0.25) is 0 Å². The van der Waals surface area contributed by atoms with Crippen molar-refractivity contribution in [2.24, 2.45) is 5.10 Å². The lowest BCUT2D eigenvalue weighted by atomic mass is 10.2. The Hall–Kier alpha value is -3.17. The molecule has 0 aliphatic carbocycles. The number of nitrogens with zero attached hydrogens (tertiary/aromatic N) is 2. The van der Waals surface area contributed by atoms with Crippen LogP contribution in [-0.4, -0.2) is 40.7 Å². The molecule has 3 N–H and O–H groups in total. The Kier molecular flexibility index (Phi) is 7.32. The SMILES string of the molecule is CCOc1cc(/C=N\NC(=O)C(=O)N[C@H](C)CC)cc([N+](=O)[O-])c1O. The number of ether oxygens (including phenoxy) is 1. The minimum absolute atomic E-state index is 0.0843. The van der Waals surface area contributed by atoms with E-state index in [1.165, 1.54) is 6.07 Å². The highest BCUT2D eigenvalue weighted by Crippen LogP contribution is 2.36. The topological polar surface area (TPSA) is 143 Å². The van der Waals surface area contributed by atoms with Gasteiger partial charge in [0.15, 0.2) is 5.75 Å². The fraction of sp³-hybridized carbons (Fsp3) is 0.400. The number of amides is 2. The summed E-state index contributed by atoms with van der Waals surface area (Å²) in [5, 5.41) is 26.8. The second-order valence-electron chi connectivity index (χ2n) is 5.06. The summed E-state index contributed by atoms with van der Waals surface area (Å²) in [4.78, 5) is 33.3. The predicted octanol–water partition coefficient (Wildman–Crippen LogP) is 1.06. The van der Waals surface area contributed by atoms with Gasteiger partial charge < -0.3 is 15.2 Å². The molecule has 1 rings (SSSR count). The number of rotatable bonds is 7. The summed E-state index contributed by atoms with van der Waals surface area (Å²) in [6.45, 7) is 5.45. The number of carbonyl (C=O) groups is 2. The molecule has 0 fully saturated rings. The zero-order valence-corrected chi connectivity index (χ0v) is 14.1. The number of nitro groups is 1. The maximum absolute atomic E-state index is 11.6. The Bertz CT molecular complexity index is 689. The number of aromatic hydroxyl groups is 1. The first-order valence-corrected chi connectivity index (χ1v) is 7.58. The van der Waals surface area contributed by atoms with Gasteiger partial charge in [0.25, 0.3) is 0 Å². The largest absolute Gasteiger partial charge is 0.500 e. The van der Waals surface area contributed by atoms with Crippen molar-refractivity contribution in [2.75, 3.05) is 6.61 Å². The molecule has 10 heteroatoms. The van der Waals surface area contributed by atoms with Gasteiger partial charge in [-0.1, -0.05) is 6.92 Å². The molecule has 1 aromatic carbocycles. The minimum atomic E-state index is -0.963. The molecule has 0 aliphatic heterocycles. The van der Waals surface area contributed by atoms with E-state index in [2.05, 4.69) is 10.4 Å². The van der Waals surface area contributed by atoms with Crippen molar-refractivity contribution in [3.8, 4) is 11.5 Å². The number of phenols is 1. The minimum Gasteiger partial charge on any atom is -0.500 e. The molecule has 0 aliphatic rings. The fourth-order valence-electron chi connectivity index (χ4n) is 1.70. The molecule has 0 saturated carbocycles. The highest BCUT2D eigenvalue weighted by Gasteiger charge is 2.20. The van der Waals surface area contributed by atoms with E-state index in [-0.39, 0.29) is 24.0 Å². The average molecular weight is 352 g/mol. The predicted molar refractivity (Wildman–Crippen MR) is 89.6 cm³/mol. The summed E-state index contributed by atoms with van der Waals surface area (Å²) < 4.78 is 5.12. The smallest absolute Gasteiger partial charge is 0.329 e. The van der Waals surface area contributed by atoms with Gasteiger partial charge in [-0.2, -0.15) is 5.10 Å². The average Bonchev–Trinajstić information content (AvgIpc) is 2.56. The first-order valence-electron chi connectivity index (χ1n) is 7.58. The first kappa shape index (κ1) is 19.9. The Morgan fingerprint density at radius 2 is 2.08 bits per heavy atom. The van der Waals surface area contributed by atoms with E-state index < -0.39 is 28.2 Å². The number of hydrogen-bond acceptors (Lipinski definition) is 7. The molecule has 0 bridgehead atoms. The summed E-state index contributed by atoms with van der Waals surface area (Å²) in [5.41, 5.74) is 1.66. The van der Waals surface area contributed by atoms with Crippen LogP contribution in [0.15, 0.2) is 17.2 Å². The molecule has 1 atom stereocenters. The third-order valence-electron chi connectivity index (χ3n) is 3.15. The molecule has 0 unspecified atom stereocenters. The number of nitrogens with one attached hydrogen (secondary N) is 2. The number of hydrazone groups is 1. The number of carbonyl (C=O) groups excluding carboxylic acids is 2. The first-order chi connectivity index (χ1) is 11.8. The van der Waals surface area contributed by atoms with Crippen molar-refractivity contribution < 1.29 is 24.4 Å². The van der Waals surface area contributed by atoms with Gasteiger partial charge in [-0.05, 0) is 26.3 Å². The van der Waals surface area contributed by atoms with Crippen LogP contribution in [-0.2, 0) is 9.59 Å². The Morgan fingerprint density at radius 3 is 2.64 bits per heavy atom. The van der Waals surface area contributed by atoms with Gasteiger partial charge in [0.2, 0.25) is 5.75 Å². The molecule has 2 amide bonds. The molecule has 25 heavy (non-hydrogen) atoms. The maximum Gasteiger partial charge on any atom is 0.329 e. The highest BCUT2D eigenvalue weighted by molar-refractivity contribution is 6.35. The lowest BCUT2D eigenvalue weighted by Gasteiger charge is -2.09. The quantitative estimate of drug-likeness (QED) is 0.290. The van der Waals surface area contributed by atoms with Gasteiger partial charge in [0.1, 0.15) is 0 Å². The molecule has 1 aromatic rings. The third kappa shape index (κ3) is 5.75. The van der Waals surface area contributed by atoms with Gasteiger partial charge in [-0.15, -0.1) is 0 Å². The summed E-state index contributed by atoms with van der Waals surface area (Å²) in [5.74, 6) is -2.48. The van der Waals surface area contributed by atoms with E-state index >= 15 is 0 Å². The third-order valence-corrected chi connectivity index (χ3v) is 3.15. The highest BCUT2D eigenvalue weighted by atomic mass is 16.6. The van der Waals surface area contributed by atoms with E-state index in [9.17, 15) is 24.8 Å². The van der Waals surface area contributed by atoms with Crippen molar-refractivity contribution in [3.63, 3.8) is 0 Å². The molecular weight excluding hydrogens is 332 g/mol. The molecular formula is C15H20N4O6.